The van der Waals surface area contributed by atoms with Gasteiger partial charge in [0.2, 0.25) is 0 Å². The van der Waals surface area contributed by atoms with Crippen molar-refractivity contribution in [2.24, 2.45) is 5.92 Å². The molecule has 0 radical (unpaired) electrons. The van der Waals surface area contributed by atoms with Crippen molar-refractivity contribution >= 4 is 0 Å². The summed E-state index contributed by atoms with van der Waals surface area (Å²) in [6, 6.07) is 0. The van der Waals surface area contributed by atoms with Crippen molar-refractivity contribution in [1.29, 1.82) is 0 Å². The van der Waals surface area contributed by atoms with E-state index in [1.165, 1.54) is 32.1 Å². The maximum absolute atomic E-state index is 6.09. The van der Waals surface area contributed by atoms with Crippen LogP contribution in [-0.2, 0) is 9.47 Å². The minimum Gasteiger partial charge on any atom is -0.375 e. The molecule has 3 heteroatoms. The molecule has 0 aromatic carbocycles. The van der Waals surface area contributed by atoms with Crippen molar-refractivity contribution in [2.45, 2.75) is 70.7 Å². The van der Waals surface area contributed by atoms with Gasteiger partial charge in [-0.3, -0.25) is 0 Å². The molecule has 4 atom stereocenters. The molecule has 1 heterocycles. The number of hydrogen-bond donors (Lipinski definition) is 1. The second-order valence-electron chi connectivity index (χ2n) is 5.90. The summed E-state index contributed by atoms with van der Waals surface area (Å²) in [7, 11) is 0. The molecule has 4 unspecified atom stereocenters. The zero-order valence-corrected chi connectivity index (χ0v) is 12.0. The second kappa shape index (κ2) is 7.46. The molecule has 2 aliphatic rings. The first-order chi connectivity index (χ1) is 8.79. The van der Waals surface area contributed by atoms with Gasteiger partial charge in [-0.15, -0.1) is 0 Å². The molecule has 2 fully saturated rings. The normalized spacial score (nSPS) is 37.0. The SMILES string of the molecule is CCNCC1CCC(COC2CCCCC2C)O1. The highest BCUT2D eigenvalue weighted by atomic mass is 16.5. The Morgan fingerprint density at radius 3 is 2.67 bits per heavy atom. The molecule has 0 aromatic rings. The molecular weight excluding hydrogens is 226 g/mol. The lowest BCUT2D eigenvalue weighted by Gasteiger charge is -2.29. The molecular formula is C15H29NO2. The van der Waals surface area contributed by atoms with Gasteiger partial charge in [0.25, 0.3) is 0 Å². The van der Waals surface area contributed by atoms with E-state index in [1.807, 2.05) is 0 Å². The lowest BCUT2D eigenvalue weighted by Crippen LogP contribution is -2.31. The Kier molecular flexibility index (Phi) is 5.93. The molecule has 1 aliphatic carbocycles. The summed E-state index contributed by atoms with van der Waals surface area (Å²) in [6.07, 6.45) is 8.86. The molecule has 18 heavy (non-hydrogen) atoms. The summed E-state index contributed by atoms with van der Waals surface area (Å²) in [5, 5.41) is 3.36. The van der Waals surface area contributed by atoms with E-state index in [9.17, 15) is 0 Å². The van der Waals surface area contributed by atoms with Crippen LogP contribution < -0.4 is 5.32 Å². The van der Waals surface area contributed by atoms with Gasteiger partial charge in [-0.1, -0.05) is 26.7 Å². The lowest BCUT2D eigenvalue weighted by atomic mass is 9.88. The van der Waals surface area contributed by atoms with Crippen molar-refractivity contribution in [3.8, 4) is 0 Å². The molecule has 0 bridgehead atoms. The van der Waals surface area contributed by atoms with Crippen LogP contribution in [0.5, 0.6) is 0 Å². The van der Waals surface area contributed by atoms with Crippen LogP contribution in [0.2, 0.25) is 0 Å². The van der Waals surface area contributed by atoms with Crippen LogP contribution in [0.3, 0.4) is 0 Å². The van der Waals surface area contributed by atoms with E-state index in [1.54, 1.807) is 0 Å². The first-order valence-corrected chi connectivity index (χ1v) is 7.77. The summed E-state index contributed by atoms with van der Waals surface area (Å²) in [5.41, 5.74) is 0. The number of likely N-dealkylation sites (N-methyl/N-ethyl adjacent to an activating group) is 1. The van der Waals surface area contributed by atoms with Crippen molar-refractivity contribution in [3.63, 3.8) is 0 Å². The van der Waals surface area contributed by atoms with E-state index in [4.69, 9.17) is 9.47 Å². The molecule has 0 aromatic heterocycles. The van der Waals surface area contributed by atoms with Gasteiger partial charge < -0.3 is 14.8 Å². The molecule has 1 saturated heterocycles. The van der Waals surface area contributed by atoms with E-state index < -0.39 is 0 Å². The molecule has 1 saturated carbocycles. The molecule has 1 N–H and O–H groups in total. The van der Waals surface area contributed by atoms with Gasteiger partial charge in [-0.05, 0) is 38.1 Å². The second-order valence-corrected chi connectivity index (χ2v) is 5.90. The fourth-order valence-electron chi connectivity index (χ4n) is 3.12. The van der Waals surface area contributed by atoms with Crippen LogP contribution in [0, 0.1) is 5.92 Å². The third kappa shape index (κ3) is 4.22. The van der Waals surface area contributed by atoms with Gasteiger partial charge >= 0.3 is 0 Å². The van der Waals surface area contributed by atoms with E-state index >= 15 is 0 Å². The van der Waals surface area contributed by atoms with Gasteiger partial charge in [0, 0.05) is 6.54 Å². The first-order valence-electron chi connectivity index (χ1n) is 7.77. The number of hydrogen-bond acceptors (Lipinski definition) is 3. The topological polar surface area (TPSA) is 30.5 Å². The predicted octanol–water partition coefficient (Wildman–Crippen LogP) is 2.74. The number of nitrogens with one attached hydrogen (secondary N) is 1. The van der Waals surface area contributed by atoms with Crippen LogP contribution in [-0.4, -0.2) is 38.0 Å². The van der Waals surface area contributed by atoms with E-state index in [0.717, 1.165) is 32.0 Å². The van der Waals surface area contributed by atoms with Gasteiger partial charge in [0.15, 0.2) is 0 Å². The molecule has 3 nitrogen and oxygen atoms in total. The van der Waals surface area contributed by atoms with E-state index in [-0.39, 0.29) is 0 Å². The highest BCUT2D eigenvalue weighted by molar-refractivity contribution is 4.77. The number of rotatable bonds is 6. The zero-order valence-electron chi connectivity index (χ0n) is 12.0. The third-order valence-electron chi connectivity index (χ3n) is 4.35. The van der Waals surface area contributed by atoms with Crippen LogP contribution in [0.15, 0.2) is 0 Å². The average molecular weight is 255 g/mol. The third-order valence-corrected chi connectivity index (χ3v) is 4.35. The van der Waals surface area contributed by atoms with Crippen molar-refractivity contribution in [1.82, 2.24) is 5.32 Å². The highest BCUT2D eigenvalue weighted by Gasteiger charge is 2.27. The van der Waals surface area contributed by atoms with Gasteiger partial charge in [-0.2, -0.15) is 0 Å². The Hall–Kier alpha value is -0.120. The maximum Gasteiger partial charge on any atom is 0.0814 e. The Balaban J connectivity index is 1.62. The summed E-state index contributed by atoms with van der Waals surface area (Å²) < 4.78 is 12.1. The standard InChI is InChI=1S/C15H29NO2/c1-3-16-10-13-8-9-14(18-13)11-17-15-7-5-4-6-12(15)2/h12-16H,3-11H2,1-2H3. The maximum atomic E-state index is 6.09. The van der Waals surface area contributed by atoms with Crippen molar-refractivity contribution in [2.75, 3.05) is 19.7 Å². The van der Waals surface area contributed by atoms with E-state index in [0.29, 0.717) is 18.3 Å². The molecule has 1 aliphatic heterocycles. The highest BCUT2D eigenvalue weighted by Crippen LogP contribution is 2.27. The average Bonchev–Trinajstić information content (AvgIpc) is 2.83. The molecule has 2 rings (SSSR count). The lowest BCUT2D eigenvalue weighted by molar-refractivity contribution is -0.0652. The summed E-state index contributed by atoms with van der Waals surface area (Å²) in [4.78, 5) is 0. The van der Waals surface area contributed by atoms with Crippen molar-refractivity contribution in [3.05, 3.63) is 0 Å². The smallest absolute Gasteiger partial charge is 0.0814 e. The minimum atomic E-state index is 0.336. The van der Waals surface area contributed by atoms with Crippen LogP contribution >= 0.6 is 0 Å². The Morgan fingerprint density at radius 2 is 1.89 bits per heavy atom. The largest absolute Gasteiger partial charge is 0.375 e. The van der Waals surface area contributed by atoms with Gasteiger partial charge in [0.1, 0.15) is 0 Å². The monoisotopic (exact) mass is 255 g/mol. The van der Waals surface area contributed by atoms with Gasteiger partial charge in [-0.25, -0.2) is 0 Å². The molecule has 106 valence electrons. The summed E-state index contributed by atoms with van der Waals surface area (Å²) >= 11 is 0. The quantitative estimate of drug-likeness (QED) is 0.791. The Morgan fingerprint density at radius 1 is 1.11 bits per heavy atom. The zero-order chi connectivity index (χ0) is 12.8. The Labute approximate surface area is 112 Å². The van der Waals surface area contributed by atoms with Crippen LogP contribution in [0.25, 0.3) is 0 Å². The van der Waals surface area contributed by atoms with E-state index in [2.05, 4.69) is 19.2 Å². The first kappa shape index (κ1) is 14.3. The minimum absolute atomic E-state index is 0.336. The number of ether oxygens (including phenoxy) is 2. The van der Waals surface area contributed by atoms with Gasteiger partial charge in [0.05, 0.1) is 24.9 Å². The summed E-state index contributed by atoms with van der Waals surface area (Å²) in [5.74, 6) is 0.734. The van der Waals surface area contributed by atoms with Crippen molar-refractivity contribution < 1.29 is 9.47 Å². The predicted molar refractivity (Wildman–Crippen MR) is 73.8 cm³/mol. The fourth-order valence-corrected chi connectivity index (χ4v) is 3.12. The molecule has 0 spiro atoms. The molecule has 0 amide bonds. The Bertz CT molecular complexity index is 235. The van der Waals surface area contributed by atoms with Crippen LogP contribution in [0.1, 0.15) is 52.4 Å². The summed E-state index contributed by atoms with van der Waals surface area (Å²) in [6.45, 7) is 7.29. The van der Waals surface area contributed by atoms with Crippen LogP contribution in [0.4, 0.5) is 0 Å². The fraction of sp³-hybridized carbons (Fsp3) is 1.00.